The molecule has 1 fully saturated rings. The third kappa shape index (κ3) is 3.05. The van der Waals surface area contributed by atoms with Crippen LogP contribution in [0, 0.1) is 17.8 Å². The van der Waals surface area contributed by atoms with Gasteiger partial charge < -0.3 is 20.3 Å². The fourth-order valence-electron chi connectivity index (χ4n) is 3.97. The second-order valence-electron chi connectivity index (χ2n) is 7.13. The number of carbonyl (C=O) groups is 3. The molecule has 1 heterocycles. The van der Waals surface area contributed by atoms with Gasteiger partial charge in [0.1, 0.15) is 5.75 Å². The molecule has 0 saturated heterocycles. The van der Waals surface area contributed by atoms with E-state index in [4.69, 9.17) is 4.74 Å². The van der Waals surface area contributed by atoms with Crippen LogP contribution < -0.4 is 20.3 Å². The Morgan fingerprint density at radius 2 is 2.08 bits per heavy atom. The molecule has 1 aliphatic heterocycles. The number of amides is 3. The number of carbonyl (C=O) groups excluding carboxylic acids is 3. The van der Waals surface area contributed by atoms with Crippen LogP contribution in [0.15, 0.2) is 30.4 Å². The van der Waals surface area contributed by atoms with E-state index in [9.17, 15) is 14.4 Å². The van der Waals surface area contributed by atoms with Gasteiger partial charge in [0.25, 0.3) is 5.91 Å². The van der Waals surface area contributed by atoms with Crippen LogP contribution in [-0.2, 0) is 14.4 Å². The summed E-state index contributed by atoms with van der Waals surface area (Å²) in [6, 6.07) is 4.94. The standard InChI is InChI=1S/C19H21N3O4/c1-22-15-8-14(4-5-16(15)26-10-17(22)23)21-19(25)18(24)20-9-13-7-11-2-3-12(13)6-11/h2-5,8,11-13H,6-7,9-10H2,1H3,(H,20,24)(H,21,25)/t11-,12+,13+/m1/s1. The van der Waals surface area contributed by atoms with Crippen LogP contribution >= 0.6 is 0 Å². The van der Waals surface area contributed by atoms with E-state index in [-0.39, 0.29) is 12.5 Å². The van der Waals surface area contributed by atoms with Crippen LogP contribution in [0.2, 0.25) is 0 Å². The Hall–Kier alpha value is -2.83. The number of benzene rings is 1. The molecule has 3 aliphatic rings. The van der Waals surface area contributed by atoms with E-state index in [0.29, 0.717) is 41.4 Å². The minimum atomic E-state index is -0.714. The highest BCUT2D eigenvalue weighted by atomic mass is 16.5. The van der Waals surface area contributed by atoms with E-state index in [1.54, 1.807) is 25.2 Å². The van der Waals surface area contributed by atoms with Crippen molar-refractivity contribution in [3.8, 4) is 5.75 Å². The van der Waals surface area contributed by atoms with Crippen molar-refractivity contribution < 1.29 is 19.1 Å². The maximum absolute atomic E-state index is 12.1. The van der Waals surface area contributed by atoms with Gasteiger partial charge in [-0.1, -0.05) is 12.2 Å². The average Bonchev–Trinajstić information content (AvgIpc) is 3.26. The van der Waals surface area contributed by atoms with Gasteiger partial charge in [0, 0.05) is 19.3 Å². The summed E-state index contributed by atoms with van der Waals surface area (Å²) in [5, 5.41) is 5.31. The van der Waals surface area contributed by atoms with Crippen LogP contribution in [0.1, 0.15) is 12.8 Å². The monoisotopic (exact) mass is 355 g/mol. The zero-order valence-electron chi connectivity index (χ0n) is 14.5. The van der Waals surface area contributed by atoms with Crippen LogP contribution in [0.5, 0.6) is 5.75 Å². The van der Waals surface area contributed by atoms with Gasteiger partial charge in [-0.15, -0.1) is 0 Å². The topological polar surface area (TPSA) is 87.7 Å². The Morgan fingerprint density at radius 3 is 2.81 bits per heavy atom. The Bertz CT molecular complexity index is 804. The number of hydrogen-bond donors (Lipinski definition) is 2. The second kappa shape index (κ2) is 6.48. The van der Waals surface area contributed by atoms with Gasteiger partial charge in [0.05, 0.1) is 5.69 Å². The number of nitrogens with zero attached hydrogens (tertiary/aromatic N) is 1. The quantitative estimate of drug-likeness (QED) is 0.632. The molecule has 2 aliphatic carbocycles. The lowest BCUT2D eigenvalue weighted by Gasteiger charge is -2.26. The molecule has 2 N–H and O–H groups in total. The summed E-state index contributed by atoms with van der Waals surface area (Å²) in [6.07, 6.45) is 6.71. The number of likely N-dealkylation sites (N-methyl/N-ethyl adjacent to an activating group) is 1. The minimum absolute atomic E-state index is 0.00415. The van der Waals surface area contributed by atoms with Crippen molar-refractivity contribution in [3.05, 3.63) is 30.4 Å². The molecule has 26 heavy (non-hydrogen) atoms. The van der Waals surface area contributed by atoms with E-state index >= 15 is 0 Å². The third-order valence-corrected chi connectivity index (χ3v) is 5.45. The van der Waals surface area contributed by atoms with Crippen LogP contribution in [-0.4, -0.2) is 37.9 Å². The van der Waals surface area contributed by atoms with Gasteiger partial charge in [-0.05, 0) is 48.8 Å². The number of rotatable bonds is 3. The molecule has 0 unspecified atom stereocenters. The van der Waals surface area contributed by atoms with E-state index in [1.807, 2.05) is 0 Å². The summed E-state index contributed by atoms with van der Waals surface area (Å²) < 4.78 is 5.34. The molecule has 1 aromatic carbocycles. The first kappa shape index (κ1) is 16.6. The van der Waals surface area contributed by atoms with E-state index in [2.05, 4.69) is 22.8 Å². The fraction of sp³-hybridized carbons (Fsp3) is 0.421. The van der Waals surface area contributed by atoms with Crippen molar-refractivity contribution in [1.29, 1.82) is 0 Å². The molecule has 4 rings (SSSR count). The molecular weight excluding hydrogens is 334 g/mol. The normalized spacial score (nSPS) is 25.7. The number of ether oxygens (including phenoxy) is 1. The summed E-state index contributed by atoms with van der Waals surface area (Å²) in [4.78, 5) is 37.4. The predicted molar refractivity (Wildman–Crippen MR) is 95.8 cm³/mol. The lowest BCUT2D eigenvalue weighted by Crippen LogP contribution is -2.39. The summed E-state index contributed by atoms with van der Waals surface area (Å²) in [5.41, 5.74) is 1.00. The van der Waals surface area contributed by atoms with Crippen molar-refractivity contribution >= 4 is 29.1 Å². The lowest BCUT2D eigenvalue weighted by molar-refractivity contribution is -0.136. The van der Waals surface area contributed by atoms with E-state index in [0.717, 1.165) is 12.8 Å². The number of hydrogen-bond acceptors (Lipinski definition) is 4. The molecule has 0 aromatic heterocycles. The summed E-state index contributed by atoms with van der Waals surface area (Å²) >= 11 is 0. The van der Waals surface area contributed by atoms with Gasteiger partial charge in [-0.25, -0.2) is 0 Å². The van der Waals surface area contributed by atoms with Crippen LogP contribution in [0.3, 0.4) is 0 Å². The number of nitrogens with one attached hydrogen (secondary N) is 2. The molecule has 1 aromatic rings. The molecule has 3 amide bonds. The van der Waals surface area contributed by atoms with Gasteiger partial charge in [0.15, 0.2) is 6.61 Å². The first-order valence-corrected chi connectivity index (χ1v) is 8.82. The zero-order chi connectivity index (χ0) is 18.3. The van der Waals surface area contributed by atoms with Crippen LogP contribution in [0.4, 0.5) is 11.4 Å². The molecule has 3 atom stereocenters. The molecule has 136 valence electrons. The lowest BCUT2D eigenvalue weighted by atomic mass is 9.94. The van der Waals surface area contributed by atoms with Crippen LogP contribution in [0.25, 0.3) is 0 Å². The van der Waals surface area contributed by atoms with Gasteiger partial charge in [-0.2, -0.15) is 0 Å². The highest BCUT2D eigenvalue weighted by Gasteiger charge is 2.35. The number of allylic oxidation sites excluding steroid dienone is 2. The molecule has 1 saturated carbocycles. The molecule has 2 bridgehead atoms. The maximum Gasteiger partial charge on any atom is 0.313 e. The fourth-order valence-corrected chi connectivity index (χ4v) is 3.97. The Kier molecular flexibility index (Phi) is 4.14. The molecule has 0 radical (unpaired) electrons. The smallest absolute Gasteiger partial charge is 0.313 e. The van der Waals surface area contributed by atoms with Crippen molar-refractivity contribution in [2.75, 3.05) is 30.4 Å². The zero-order valence-corrected chi connectivity index (χ0v) is 14.5. The highest BCUT2D eigenvalue weighted by Crippen LogP contribution is 2.42. The van der Waals surface area contributed by atoms with Crippen molar-refractivity contribution in [3.63, 3.8) is 0 Å². The molecule has 0 spiro atoms. The van der Waals surface area contributed by atoms with E-state index < -0.39 is 11.8 Å². The summed E-state index contributed by atoms with van der Waals surface area (Å²) in [5.74, 6) is 0.620. The average molecular weight is 355 g/mol. The van der Waals surface area contributed by atoms with Crippen molar-refractivity contribution in [2.45, 2.75) is 12.8 Å². The first-order chi connectivity index (χ1) is 12.5. The van der Waals surface area contributed by atoms with Crippen molar-refractivity contribution in [2.24, 2.45) is 17.8 Å². The predicted octanol–water partition coefficient (Wildman–Crippen LogP) is 1.31. The first-order valence-electron chi connectivity index (χ1n) is 8.82. The Balaban J connectivity index is 1.35. The molecular formula is C19H21N3O4. The van der Waals surface area contributed by atoms with Gasteiger partial charge in [-0.3, -0.25) is 14.4 Å². The number of fused-ring (bicyclic) bond motifs is 3. The Morgan fingerprint density at radius 1 is 1.23 bits per heavy atom. The van der Waals surface area contributed by atoms with Gasteiger partial charge >= 0.3 is 11.8 Å². The Labute approximate surface area is 151 Å². The van der Waals surface area contributed by atoms with E-state index in [1.165, 1.54) is 4.90 Å². The largest absolute Gasteiger partial charge is 0.482 e. The molecule has 7 nitrogen and oxygen atoms in total. The maximum atomic E-state index is 12.1. The summed E-state index contributed by atoms with van der Waals surface area (Å²) in [7, 11) is 1.64. The van der Waals surface area contributed by atoms with Crippen molar-refractivity contribution in [1.82, 2.24) is 5.32 Å². The third-order valence-electron chi connectivity index (χ3n) is 5.45. The highest BCUT2D eigenvalue weighted by molar-refractivity contribution is 6.39. The van der Waals surface area contributed by atoms with Gasteiger partial charge in [0.2, 0.25) is 0 Å². The summed E-state index contributed by atoms with van der Waals surface area (Å²) in [6.45, 7) is 0.517. The minimum Gasteiger partial charge on any atom is -0.482 e. The SMILES string of the molecule is CN1C(=O)COc2ccc(NC(=O)C(=O)NC[C@@H]3C[C@@H]4C=C[C@H]3C4)cc21. The number of anilines is 2. The molecule has 7 heteroatoms. The second-order valence-corrected chi connectivity index (χ2v) is 7.13.